The molecule has 0 aliphatic carbocycles. The number of rotatable bonds is 5. The smallest absolute Gasteiger partial charge is 0.273 e. The van der Waals surface area contributed by atoms with Gasteiger partial charge in [-0.15, -0.1) is 0 Å². The van der Waals surface area contributed by atoms with Gasteiger partial charge in [-0.05, 0) is 18.6 Å². The Morgan fingerprint density at radius 1 is 1.39 bits per heavy atom. The quantitative estimate of drug-likeness (QED) is 0.683. The Bertz CT molecular complexity index is 511. The molecule has 0 saturated carbocycles. The number of nitrogens with one attached hydrogen (secondary N) is 2. The van der Waals surface area contributed by atoms with Crippen LogP contribution in [0.25, 0.3) is 0 Å². The SMILES string of the molecule is O=C(NCCCc1ncc[nH]1)c1ncccc1O. The molecule has 0 aromatic carbocycles. The van der Waals surface area contributed by atoms with Crippen LogP contribution in [0.1, 0.15) is 22.7 Å². The van der Waals surface area contributed by atoms with Gasteiger partial charge in [-0.2, -0.15) is 0 Å². The van der Waals surface area contributed by atoms with Crippen molar-refractivity contribution >= 4 is 5.91 Å². The van der Waals surface area contributed by atoms with Gasteiger partial charge in [0, 0.05) is 31.6 Å². The highest BCUT2D eigenvalue weighted by atomic mass is 16.3. The molecule has 3 N–H and O–H groups in total. The highest BCUT2D eigenvalue weighted by Crippen LogP contribution is 2.11. The molecule has 0 fully saturated rings. The predicted octanol–water partition coefficient (Wildman–Crippen LogP) is 0.873. The molecule has 0 unspecified atom stereocenters. The molecule has 0 atom stereocenters. The third-order valence-electron chi connectivity index (χ3n) is 2.43. The molecule has 0 spiro atoms. The molecule has 0 aliphatic rings. The Morgan fingerprint density at radius 2 is 2.28 bits per heavy atom. The van der Waals surface area contributed by atoms with E-state index in [1.54, 1.807) is 18.5 Å². The molecule has 0 saturated heterocycles. The molecule has 94 valence electrons. The Labute approximate surface area is 104 Å². The summed E-state index contributed by atoms with van der Waals surface area (Å²) >= 11 is 0. The normalized spacial score (nSPS) is 10.2. The van der Waals surface area contributed by atoms with Crippen molar-refractivity contribution in [1.29, 1.82) is 0 Å². The summed E-state index contributed by atoms with van der Waals surface area (Å²) in [4.78, 5) is 22.6. The van der Waals surface area contributed by atoms with Crippen LogP contribution in [0.4, 0.5) is 0 Å². The zero-order valence-corrected chi connectivity index (χ0v) is 9.76. The molecule has 2 rings (SSSR count). The Hall–Kier alpha value is -2.37. The van der Waals surface area contributed by atoms with Crippen molar-refractivity contribution < 1.29 is 9.90 Å². The summed E-state index contributed by atoms with van der Waals surface area (Å²) in [6, 6.07) is 3.01. The van der Waals surface area contributed by atoms with Gasteiger partial charge in [0.2, 0.25) is 0 Å². The van der Waals surface area contributed by atoms with Gasteiger partial charge in [0.25, 0.3) is 5.91 Å². The summed E-state index contributed by atoms with van der Waals surface area (Å²) in [6.45, 7) is 0.509. The summed E-state index contributed by atoms with van der Waals surface area (Å²) in [7, 11) is 0. The number of imidazole rings is 1. The average molecular weight is 246 g/mol. The van der Waals surface area contributed by atoms with Crippen molar-refractivity contribution in [2.24, 2.45) is 0 Å². The molecule has 2 heterocycles. The first-order valence-corrected chi connectivity index (χ1v) is 5.68. The van der Waals surface area contributed by atoms with Crippen molar-refractivity contribution in [2.75, 3.05) is 6.54 Å². The number of carbonyl (C=O) groups is 1. The van der Waals surface area contributed by atoms with Crippen molar-refractivity contribution in [3.8, 4) is 5.75 Å². The molecule has 0 aliphatic heterocycles. The monoisotopic (exact) mass is 246 g/mol. The van der Waals surface area contributed by atoms with Gasteiger partial charge in [0.05, 0.1) is 0 Å². The van der Waals surface area contributed by atoms with Gasteiger partial charge < -0.3 is 15.4 Å². The topological polar surface area (TPSA) is 90.9 Å². The number of H-pyrrole nitrogens is 1. The average Bonchev–Trinajstić information content (AvgIpc) is 2.88. The van der Waals surface area contributed by atoms with Gasteiger partial charge in [-0.1, -0.05) is 0 Å². The minimum Gasteiger partial charge on any atom is -0.505 e. The molecule has 0 radical (unpaired) electrons. The minimum atomic E-state index is -0.368. The van der Waals surface area contributed by atoms with E-state index in [-0.39, 0.29) is 17.4 Å². The van der Waals surface area contributed by atoms with Crippen molar-refractivity contribution in [3.05, 3.63) is 42.2 Å². The van der Waals surface area contributed by atoms with Crippen LogP contribution in [0.3, 0.4) is 0 Å². The summed E-state index contributed by atoms with van der Waals surface area (Å²) in [6.07, 6.45) is 6.46. The lowest BCUT2D eigenvalue weighted by Crippen LogP contribution is -2.25. The first-order chi connectivity index (χ1) is 8.77. The largest absolute Gasteiger partial charge is 0.505 e. The van der Waals surface area contributed by atoms with Gasteiger partial charge in [0.1, 0.15) is 11.6 Å². The standard InChI is InChI=1S/C12H14N4O2/c17-9-3-1-5-15-11(9)12(18)16-6-2-4-10-13-7-8-14-10/h1,3,5,7-8,17H,2,4,6H2,(H,13,14)(H,16,18). The molecule has 6 heteroatoms. The second kappa shape index (κ2) is 5.81. The van der Waals surface area contributed by atoms with Crippen molar-refractivity contribution in [3.63, 3.8) is 0 Å². The number of hydrogen-bond acceptors (Lipinski definition) is 4. The van der Waals surface area contributed by atoms with Crippen LogP contribution in [0.5, 0.6) is 5.75 Å². The number of pyridine rings is 1. The molecule has 6 nitrogen and oxygen atoms in total. The third kappa shape index (κ3) is 3.07. The number of carbonyl (C=O) groups excluding carboxylic acids is 1. The Kier molecular flexibility index (Phi) is 3.90. The summed E-state index contributed by atoms with van der Waals surface area (Å²) in [5.41, 5.74) is 0.0514. The van der Waals surface area contributed by atoms with Gasteiger partial charge in [-0.25, -0.2) is 9.97 Å². The van der Waals surface area contributed by atoms with Gasteiger partial charge >= 0.3 is 0 Å². The minimum absolute atomic E-state index is 0.0514. The van der Waals surface area contributed by atoms with Crippen LogP contribution in [0.15, 0.2) is 30.7 Å². The lowest BCUT2D eigenvalue weighted by Gasteiger charge is -2.05. The van der Waals surface area contributed by atoms with E-state index in [0.717, 1.165) is 18.7 Å². The summed E-state index contributed by atoms with van der Waals surface area (Å²) in [5, 5.41) is 12.1. The molecule has 2 aromatic rings. The van der Waals surface area contributed by atoms with Crippen LogP contribution in [-0.4, -0.2) is 32.5 Å². The van der Waals surface area contributed by atoms with Crippen LogP contribution in [-0.2, 0) is 6.42 Å². The molecular formula is C12H14N4O2. The van der Waals surface area contributed by atoms with E-state index >= 15 is 0 Å². The van der Waals surface area contributed by atoms with Crippen molar-refractivity contribution in [1.82, 2.24) is 20.3 Å². The second-order valence-corrected chi connectivity index (χ2v) is 3.77. The van der Waals surface area contributed by atoms with Crippen LogP contribution < -0.4 is 5.32 Å². The maximum absolute atomic E-state index is 11.7. The number of amides is 1. The first kappa shape index (κ1) is 12.1. The fourth-order valence-corrected chi connectivity index (χ4v) is 1.55. The predicted molar refractivity (Wildman–Crippen MR) is 65.1 cm³/mol. The van der Waals surface area contributed by atoms with Crippen LogP contribution in [0, 0.1) is 0 Å². The molecule has 0 bridgehead atoms. The number of aryl methyl sites for hydroxylation is 1. The van der Waals surface area contributed by atoms with E-state index in [1.807, 2.05) is 0 Å². The number of nitrogens with zero attached hydrogens (tertiary/aromatic N) is 2. The van der Waals surface area contributed by atoms with Gasteiger partial charge in [-0.3, -0.25) is 4.79 Å². The van der Waals surface area contributed by atoms with E-state index in [2.05, 4.69) is 20.3 Å². The molecule has 2 aromatic heterocycles. The number of hydrogen-bond donors (Lipinski definition) is 3. The van der Waals surface area contributed by atoms with Crippen LogP contribution in [0.2, 0.25) is 0 Å². The van der Waals surface area contributed by atoms with E-state index in [1.165, 1.54) is 12.3 Å². The number of aromatic amines is 1. The maximum Gasteiger partial charge on any atom is 0.273 e. The first-order valence-electron chi connectivity index (χ1n) is 5.68. The molecule has 18 heavy (non-hydrogen) atoms. The van der Waals surface area contributed by atoms with E-state index in [4.69, 9.17) is 0 Å². The molecular weight excluding hydrogens is 232 g/mol. The summed E-state index contributed by atoms with van der Waals surface area (Å²) < 4.78 is 0. The van der Waals surface area contributed by atoms with Crippen LogP contribution >= 0.6 is 0 Å². The lowest BCUT2D eigenvalue weighted by molar-refractivity contribution is 0.0945. The maximum atomic E-state index is 11.7. The van der Waals surface area contributed by atoms with Crippen molar-refractivity contribution in [2.45, 2.75) is 12.8 Å². The zero-order valence-electron chi connectivity index (χ0n) is 9.76. The van der Waals surface area contributed by atoms with E-state index in [0.29, 0.717) is 6.54 Å². The molecule has 1 amide bonds. The van der Waals surface area contributed by atoms with Gasteiger partial charge in [0.15, 0.2) is 5.69 Å². The fraction of sp³-hybridized carbons (Fsp3) is 0.250. The summed E-state index contributed by atoms with van der Waals surface area (Å²) in [5.74, 6) is 0.415. The second-order valence-electron chi connectivity index (χ2n) is 3.77. The van der Waals surface area contributed by atoms with E-state index < -0.39 is 0 Å². The zero-order chi connectivity index (χ0) is 12.8. The number of aromatic hydroxyl groups is 1. The fourth-order valence-electron chi connectivity index (χ4n) is 1.55. The highest BCUT2D eigenvalue weighted by Gasteiger charge is 2.10. The van der Waals surface area contributed by atoms with E-state index in [9.17, 15) is 9.90 Å². The third-order valence-corrected chi connectivity index (χ3v) is 2.43. The Balaban J connectivity index is 1.77. The highest BCUT2D eigenvalue weighted by molar-refractivity contribution is 5.94. The number of aromatic nitrogens is 3. The lowest BCUT2D eigenvalue weighted by atomic mass is 10.2. The Morgan fingerprint density at radius 3 is 3.00 bits per heavy atom.